The molecule has 130 valence electrons. The molecule has 3 heteroatoms. The van der Waals surface area contributed by atoms with Gasteiger partial charge in [0.05, 0.1) is 0 Å². The van der Waals surface area contributed by atoms with Crippen molar-refractivity contribution in [2.75, 3.05) is 6.54 Å². The lowest BCUT2D eigenvalue weighted by Crippen LogP contribution is -2.65. The highest BCUT2D eigenvalue weighted by Gasteiger charge is 2.56. The number of rotatable bonds is 2. The molecule has 0 amide bonds. The smallest absolute Gasteiger partial charge is 0.133 e. The van der Waals surface area contributed by atoms with E-state index >= 15 is 0 Å². The van der Waals surface area contributed by atoms with Crippen LogP contribution in [0.25, 0.3) is 0 Å². The fourth-order valence-corrected chi connectivity index (χ4v) is 5.72. The quantitative estimate of drug-likeness (QED) is 0.898. The number of carbonyl (C=O) groups excluding carboxylic acids is 1. The Hall–Kier alpha value is -1.35. The summed E-state index contributed by atoms with van der Waals surface area (Å²) >= 11 is 0. The van der Waals surface area contributed by atoms with Gasteiger partial charge in [0.25, 0.3) is 0 Å². The Morgan fingerprint density at radius 3 is 2.83 bits per heavy atom. The maximum absolute atomic E-state index is 12.3. The van der Waals surface area contributed by atoms with Gasteiger partial charge >= 0.3 is 0 Å². The maximum Gasteiger partial charge on any atom is 0.133 e. The first-order valence-electron chi connectivity index (χ1n) is 9.48. The van der Waals surface area contributed by atoms with Crippen LogP contribution in [0.1, 0.15) is 64.0 Å². The van der Waals surface area contributed by atoms with E-state index in [2.05, 4.69) is 31.7 Å². The largest absolute Gasteiger partial charge is 0.508 e. The van der Waals surface area contributed by atoms with Crippen LogP contribution in [0.3, 0.4) is 0 Å². The van der Waals surface area contributed by atoms with E-state index in [9.17, 15) is 9.90 Å². The molecule has 1 heterocycles. The van der Waals surface area contributed by atoms with Crippen molar-refractivity contribution in [3.05, 3.63) is 29.3 Å². The molecule has 1 aliphatic heterocycles. The molecule has 1 saturated carbocycles. The van der Waals surface area contributed by atoms with Crippen LogP contribution in [0, 0.1) is 5.92 Å². The Kier molecular flexibility index (Phi) is 3.58. The van der Waals surface area contributed by atoms with Crippen LogP contribution in [0.2, 0.25) is 0 Å². The highest BCUT2D eigenvalue weighted by Crippen LogP contribution is 2.56. The molecule has 0 aromatic heterocycles. The number of Topliss-reactive ketones (excluding diaryl/α,β-unsaturated/α-hetero) is 1. The number of nitrogens with zero attached hydrogens (tertiary/aromatic N) is 1. The lowest BCUT2D eigenvalue weighted by molar-refractivity contribution is -0.130. The van der Waals surface area contributed by atoms with Gasteiger partial charge in [-0.05, 0) is 75.3 Å². The van der Waals surface area contributed by atoms with Crippen molar-refractivity contribution in [3.8, 4) is 5.75 Å². The number of phenolic OH excluding ortho intramolecular Hbond substituents is 1. The second kappa shape index (κ2) is 5.32. The topological polar surface area (TPSA) is 40.5 Å². The van der Waals surface area contributed by atoms with Crippen molar-refractivity contribution in [2.24, 2.45) is 5.92 Å². The summed E-state index contributed by atoms with van der Waals surface area (Å²) in [6, 6.07) is 6.40. The van der Waals surface area contributed by atoms with Crippen LogP contribution >= 0.6 is 0 Å². The van der Waals surface area contributed by atoms with Gasteiger partial charge in [0, 0.05) is 29.8 Å². The molecule has 1 aromatic carbocycles. The molecule has 4 rings (SSSR count). The zero-order chi connectivity index (χ0) is 17.1. The van der Waals surface area contributed by atoms with E-state index in [-0.39, 0.29) is 11.0 Å². The average molecular weight is 327 g/mol. The van der Waals surface area contributed by atoms with E-state index in [0.29, 0.717) is 29.9 Å². The van der Waals surface area contributed by atoms with Crippen molar-refractivity contribution in [1.29, 1.82) is 0 Å². The number of carbonyl (C=O) groups is 1. The molecule has 3 nitrogen and oxygen atoms in total. The number of aromatic hydroxyl groups is 1. The van der Waals surface area contributed by atoms with Crippen LogP contribution in [-0.4, -0.2) is 33.9 Å². The summed E-state index contributed by atoms with van der Waals surface area (Å²) < 4.78 is 0. The average Bonchev–Trinajstić information content (AvgIpc) is 2.55. The predicted molar refractivity (Wildman–Crippen MR) is 95.3 cm³/mol. The van der Waals surface area contributed by atoms with E-state index in [1.807, 2.05) is 12.1 Å². The number of fused-ring (bicyclic) bond motifs is 1. The number of phenols is 1. The lowest BCUT2D eigenvalue weighted by atomic mass is 9.51. The molecule has 2 bridgehead atoms. The second-order valence-electron chi connectivity index (χ2n) is 8.73. The van der Waals surface area contributed by atoms with Crippen molar-refractivity contribution in [3.63, 3.8) is 0 Å². The molecule has 3 aliphatic rings. The van der Waals surface area contributed by atoms with Crippen molar-refractivity contribution in [2.45, 2.75) is 76.3 Å². The fraction of sp³-hybridized carbons (Fsp3) is 0.667. The van der Waals surface area contributed by atoms with Gasteiger partial charge in [-0.25, -0.2) is 0 Å². The molecule has 0 spiro atoms. The van der Waals surface area contributed by atoms with E-state index in [1.165, 1.54) is 11.1 Å². The Morgan fingerprint density at radius 1 is 1.29 bits per heavy atom. The van der Waals surface area contributed by atoms with Gasteiger partial charge in [-0.2, -0.15) is 0 Å². The third-order valence-electron chi connectivity index (χ3n) is 7.37. The molecule has 1 aromatic rings. The van der Waals surface area contributed by atoms with Crippen LogP contribution < -0.4 is 0 Å². The van der Waals surface area contributed by atoms with Crippen LogP contribution in [-0.2, 0) is 16.6 Å². The fourth-order valence-electron chi connectivity index (χ4n) is 5.72. The third kappa shape index (κ3) is 2.17. The first-order valence-corrected chi connectivity index (χ1v) is 9.48. The van der Waals surface area contributed by atoms with Crippen molar-refractivity contribution >= 4 is 5.78 Å². The minimum Gasteiger partial charge on any atom is -0.508 e. The molecule has 2 fully saturated rings. The normalized spacial score (nSPS) is 33.0. The Labute approximate surface area is 145 Å². The second-order valence-corrected chi connectivity index (χ2v) is 8.73. The number of benzene rings is 1. The molecule has 1 N–H and O–H groups in total. The predicted octanol–water partition coefficient (Wildman–Crippen LogP) is 3.82. The minimum absolute atomic E-state index is 0.102. The highest BCUT2D eigenvalue weighted by molar-refractivity contribution is 5.80. The summed E-state index contributed by atoms with van der Waals surface area (Å²) in [5.41, 5.74) is 3.00. The minimum atomic E-state index is 0.102. The van der Waals surface area contributed by atoms with Gasteiger partial charge in [-0.15, -0.1) is 0 Å². The van der Waals surface area contributed by atoms with Gasteiger partial charge in [0.1, 0.15) is 11.5 Å². The van der Waals surface area contributed by atoms with Gasteiger partial charge < -0.3 is 5.11 Å². The summed E-state index contributed by atoms with van der Waals surface area (Å²) in [5.74, 6) is 1.21. The molecule has 0 unspecified atom stereocenters. The highest BCUT2D eigenvalue weighted by atomic mass is 16.3. The van der Waals surface area contributed by atoms with Gasteiger partial charge in [0.2, 0.25) is 0 Å². The number of hydrogen-bond donors (Lipinski definition) is 1. The SMILES string of the molecule is CCC(C)(C)N1CC[C@]23CCC(=O)C[C@H]2[C@H]1Cc1ccc(O)cc13. The van der Waals surface area contributed by atoms with Crippen LogP contribution in [0.5, 0.6) is 5.75 Å². The molecule has 2 aliphatic carbocycles. The summed E-state index contributed by atoms with van der Waals surface area (Å²) in [4.78, 5) is 15.0. The molecular formula is C21H29NO2. The summed E-state index contributed by atoms with van der Waals surface area (Å²) in [5, 5.41) is 10.1. The maximum atomic E-state index is 12.3. The van der Waals surface area contributed by atoms with Gasteiger partial charge in [-0.1, -0.05) is 13.0 Å². The van der Waals surface area contributed by atoms with Gasteiger partial charge in [0.15, 0.2) is 0 Å². The molecular weight excluding hydrogens is 298 g/mol. The van der Waals surface area contributed by atoms with Crippen molar-refractivity contribution < 1.29 is 9.90 Å². The lowest BCUT2D eigenvalue weighted by Gasteiger charge is -2.61. The molecule has 0 radical (unpaired) electrons. The summed E-state index contributed by atoms with van der Waals surface area (Å²) in [7, 11) is 0. The molecule has 24 heavy (non-hydrogen) atoms. The van der Waals surface area contributed by atoms with Crippen LogP contribution in [0.4, 0.5) is 0 Å². The number of piperidine rings is 1. The monoisotopic (exact) mass is 327 g/mol. The summed E-state index contributed by atoms with van der Waals surface area (Å²) in [6.07, 6.45) is 5.63. The Bertz CT molecular complexity index is 680. The third-order valence-corrected chi connectivity index (χ3v) is 7.37. The van der Waals surface area contributed by atoms with E-state index < -0.39 is 0 Å². The number of ketones is 1. The Balaban J connectivity index is 1.84. The number of hydrogen-bond acceptors (Lipinski definition) is 3. The first-order chi connectivity index (χ1) is 11.4. The first kappa shape index (κ1) is 16.1. The standard InChI is InChI=1S/C21H29NO2/c1-4-20(2,3)22-10-9-21-8-7-16(24)13-18(21)19(22)11-14-5-6-15(23)12-17(14)21/h5-6,12,18-19,23H,4,7-11,13H2,1-3H3/t18-,19+,21-/m0/s1. The van der Waals surface area contributed by atoms with Crippen molar-refractivity contribution in [1.82, 2.24) is 4.90 Å². The van der Waals surface area contributed by atoms with Crippen LogP contribution in [0.15, 0.2) is 18.2 Å². The molecule has 3 atom stereocenters. The van der Waals surface area contributed by atoms with E-state index in [4.69, 9.17) is 0 Å². The van der Waals surface area contributed by atoms with E-state index in [0.717, 1.165) is 38.6 Å². The van der Waals surface area contributed by atoms with E-state index in [1.54, 1.807) is 0 Å². The molecule has 1 saturated heterocycles. The summed E-state index contributed by atoms with van der Waals surface area (Å²) in [6.45, 7) is 8.06. The van der Waals surface area contributed by atoms with Gasteiger partial charge in [-0.3, -0.25) is 9.69 Å². The Morgan fingerprint density at radius 2 is 2.08 bits per heavy atom. The zero-order valence-corrected chi connectivity index (χ0v) is 15.1. The number of likely N-dealkylation sites (tertiary alicyclic amines) is 1. The zero-order valence-electron chi connectivity index (χ0n) is 15.1.